The SMILES string of the molecule is CC(N)=NOCCC(N)C(=O)O.NC(N)=NCCCC(N)C(=O)O.NCCCC(N)C(=O)O.NCCCCC(N)C(=O)O.NOCCC(N)C(=O)O. The Balaban J connectivity index is -0.000000178. The van der Waals surface area contributed by atoms with Gasteiger partial charge in [-0.25, -0.2) is 5.90 Å². The minimum Gasteiger partial charge on any atom is -0.480 e. The molecule has 52 heavy (non-hydrogen) atoms. The summed E-state index contributed by atoms with van der Waals surface area (Å²) in [7, 11) is 0. The molecule has 0 aliphatic rings. The number of carbonyl (C=O) groups is 5. The van der Waals surface area contributed by atoms with E-state index in [1.807, 2.05) is 0 Å². The van der Waals surface area contributed by atoms with Gasteiger partial charge in [0, 0.05) is 13.0 Å². The predicted molar refractivity (Wildman–Crippen MR) is 192 cm³/mol. The Morgan fingerprint density at radius 3 is 1.23 bits per heavy atom. The minimum atomic E-state index is -1.05. The Hall–Kier alpha value is -4.47. The summed E-state index contributed by atoms with van der Waals surface area (Å²) in [6.45, 7) is 3.42. The predicted octanol–water partition coefficient (Wildman–Crippen LogP) is -5.11. The number of hydrogen-bond donors (Lipinski definition) is 16. The number of nitrogens with zero attached hydrogens (tertiary/aromatic N) is 2. The molecule has 0 radical (unpaired) electrons. The average Bonchev–Trinajstić information content (AvgIpc) is 3.06. The largest absolute Gasteiger partial charge is 0.480 e. The maximum Gasteiger partial charge on any atom is 0.320 e. The van der Waals surface area contributed by atoms with Gasteiger partial charge in [0.1, 0.15) is 42.7 Å². The van der Waals surface area contributed by atoms with Crippen LogP contribution in [0.3, 0.4) is 0 Å². The number of oxime groups is 1. The highest BCUT2D eigenvalue weighted by molar-refractivity contribution is 5.77. The van der Waals surface area contributed by atoms with Gasteiger partial charge in [0.25, 0.3) is 0 Å². The van der Waals surface area contributed by atoms with Gasteiger partial charge in [0.05, 0.1) is 6.61 Å². The van der Waals surface area contributed by atoms with Gasteiger partial charge in [-0.1, -0.05) is 11.6 Å². The van der Waals surface area contributed by atoms with Gasteiger partial charge in [-0.05, 0) is 65.0 Å². The molecule has 0 aromatic carbocycles. The van der Waals surface area contributed by atoms with Crippen LogP contribution in [0.15, 0.2) is 10.1 Å². The summed E-state index contributed by atoms with van der Waals surface area (Å²) >= 11 is 0. The summed E-state index contributed by atoms with van der Waals surface area (Å²) in [5, 5.41) is 44.9. The quantitative estimate of drug-likeness (QED) is 0.0200. The molecule has 0 saturated carbocycles. The van der Waals surface area contributed by atoms with Crippen molar-refractivity contribution in [1.82, 2.24) is 0 Å². The van der Waals surface area contributed by atoms with Crippen molar-refractivity contribution in [3.05, 3.63) is 0 Å². The minimum absolute atomic E-state index is 0.0129. The Bertz CT molecular complexity index is 938. The summed E-state index contributed by atoms with van der Waals surface area (Å²) in [4.78, 5) is 63.0. The lowest BCUT2D eigenvalue weighted by molar-refractivity contribution is -0.139. The lowest BCUT2D eigenvalue weighted by atomic mass is 10.1. The first-order valence-electron chi connectivity index (χ1n) is 15.7. The molecular weight excluding hydrogens is 698 g/mol. The fourth-order valence-electron chi connectivity index (χ4n) is 2.51. The molecule has 0 spiro atoms. The Morgan fingerprint density at radius 2 is 0.904 bits per heavy atom. The van der Waals surface area contributed by atoms with E-state index in [1.165, 1.54) is 0 Å². The molecule has 0 aromatic rings. The Morgan fingerprint density at radius 1 is 0.558 bits per heavy atom. The van der Waals surface area contributed by atoms with Crippen LogP contribution in [-0.2, 0) is 33.6 Å². The second-order valence-corrected chi connectivity index (χ2v) is 10.4. The van der Waals surface area contributed by atoms with Gasteiger partial charge in [-0.15, -0.1) is 0 Å². The fourth-order valence-corrected chi connectivity index (χ4v) is 2.51. The number of unbranched alkanes of at least 4 members (excludes halogenated alkanes) is 1. The first kappa shape index (κ1) is 56.9. The molecule has 0 aliphatic carbocycles. The second-order valence-electron chi connectivity index (χ2n) is 10.4. The number of nitrogens with two attached hydrogens (primary N) is 11. The Labute approximate surface area is 302 Å². The average molecular weight is 762 g/mol. The number of carboxylic acid groups (broad SMARTS) is 5. The summed E-state index contributed by atoms with van der Waals surface area (Å²) in [5.41, 5.74) is 51.4. The van der Waals surface area contributed by atoms with Crippen molar-refractivity contribution in [2.75, 3.05) is 32.8 Å². The van der Waals surface area contributed by atoms with Crippen molar-refractivity contribution in [3.8, 4) is 0 Å². The first-order chi connectivity index (χ1) is 24.1. The molecule has 5 unspecified atom stereocenters. The lowest BCUT2D eigenvalue weighted by Crippen LogP contribution is -2.31. The van der Waals surface area contributed by atoms with Gasteiger partial charge < -0.3 is 92.5 Å². The molecule has 0 saturated heterocycles. The highest BCUT2D eigenvalue weighted by Crippen LogP contribution is 1.97. The zero-order valence-corrected chi connectivity index (χ0v) is 29.6. The molecule has 0 bridgehead atoms. The number of aliphatic carboxylic acids is 5. The summed E-state index contributed by atoms with van der Waals surface area (Å²) in [6.07, 6.45) is 4.71. The Kier molecular flexibility index (Phi) is 43.0. The summed E-state index contributed by atoms with van der Waals surface area (Å²) < 4.78 is 0. The first-order valence-corrected chi connectivity index (χ1v) is 15.7. The van der Waals surface area contributed by atoms with E-state index in [9.17, 15) is 24.0 Å². The molecule has 0 fully saturated rings. The monoisotopic (exact) mass is 761 g/mol. The number of amidine groups is 1. The maximum atomic E-state index is 10.2. The highest BCUT2D eigenvalue weighted by Gasteiger charge is 2.12. The number of carboxylic acids is 5. The van der Waals surface area contributed by atoms with Gasteiger partial charge in [0.15, 0.2) is 5.96 Å². The van der Waals surface area contributed by atoms with Gasteiger partial charge in [-0.3, -0.25) is 29.0 Å². The second kappa shape index (κ2) is 39.3. The maximum absolute atomic E-state index is 10.2. The molecule has 308 valence electrons. The van der Waals surface area contributed by atoms with E-state index in [2.05, 4.69) is 25.7 Å². The van der Waals surface area contributed by atoms with Crippen LogP contribution in [0.25, 0.3) is 0 Å². The molecule has 0 heterocycles. The van der Waals surface area contributed by atoms with E-state index in [0.717, 1.165) is 12.8 Å². The third-order valence-corrected chi connectivity index (χ3v) is 5.52. The third kappa shape index (κ3) is 49.9. The van der Waals surface area contributed by atoms with Gasteiger partial charge >= 0.3 is 29.8 Å². The number of hydrogen-bond acceptors (Lipinski definition) is 17. The molecule has 25 heteroatoms. The van der Waals surface area contributed by atoms with Crippen LogP contribution < -0.4 is 63.2 Å². The normalized spacial score (nSPS) is 13.1. The summed E-state index contributed by atoms with van der Waals surface area (Å²) in [5.74, 6) is -0.0409. The van der Waals surface area contributed by atoms with Crippen LogP contribution in [0.5, 0.6) is 0 Å². The van der Waals surface area contributed by atoms with Crippen molar-refractivity contribution in [2.24, 2.45) is 73.4 Å². The van der Waals surface area contributed by atoms with Crippen LogP contribution in [0.2, 0.25) is 0 Å². The zero-order chi connectivity index (χ0) is 41.7. The van der Waals surface area contributed by atoms with E-state index in [4.69, 9.17) is 82.9 Å². The lowest BCUT2D eigenvalue weighted by Gasteiger charge is -2.03. The molecular formula is C27H63N13O12. The summed E-state index contributed by atoms with van der Waals surface area (Å²) in [6, 6.07) is -4.05. The highest BCUT2D eigenvalue weighted by atomic mass is 16.6. The molecule has 27 N–H and O–H groups in total. The van der Waals surface area contributed by atoms with E-state index >= 15 is 0 Å². The standard InChI is InChI=1S/C6H14N4O2.C6H13N3O3.C6H14N2O2.C5H12N2O2.C4H10N2O3/c7-4(5(11)12)2-1-3-10-6(8)9;1-4(7)9-12-3-2-5(8)6(10)11;7-4-2-1-3-5(8)6(9)10;6-3-1-2-4(7)5(8)9;5-3(4(7)8)1-2-9-6/h4H,1-3,7H2,(H,11,12)(H4,8,9,10);5H,2-3,8H2,1H3,(H2,7,9)(H,10,11);5H,1-4,7-8H2,(H,9,10);4H,1-3,6-7H2,(H,8,9);3H,1-2,5-6H2,(H,7,8). The molecule has 0 rings (SSSR count). The van der Waals surface area contributed by atoms with E-state index in [1.54, 1.807) is 6.92 Å². The van der Waals surface area contributed by atoms with E-state index in [0.29, 0.717) is 57.6 Å². The molecule has 5 atom stereocenters. The van der Waals surface area contributed by atoms with E-state index < -0.39 is 60.1 Å². The molecule has 0 aliphatic heterocycles. The molecule has 25 nitrogen and oxygen atoms in total. The molecule has 0 amide bonds. The van der Waals surface area contributed by atoms with Crippen molar-refractivity contribution in [2.45, 2.75) is 94.9 Å². The number of aliphatic imine (C=N–C) groups is 1. The molecule has 0 aromatic heterocycles. The van der Waals surface area contributed by atoms with Gasteiger partial charge in [0.2, 0.25) is 0 Å². The number of rotatable bonds is 23. The van der Waals surface area contributed by atoms with Crippen LogP contribution >= 0.6 is 0 Å². The van der Waals surface area contributed by atoms with Crippen LogP contribution in [-0.4, -0.2) is 130 Å². The van der Waals surface area contributed by atoms with Crippen LogP contribution in [0, 0.1) is 0 Å². The van der Waals surface area contributed by atoms with Crippen molar-refractivity contribution >= 4 is 41.6 Å². The van der Waals surface area contributed by atoms with Crippen molar-refractivity contribution < 1.29 is 59.2 Å². The fraction of sp³-hybridized carbons (Fsp3) is 0.741. The van der Waals surface area contributed by atoms with Crippen LogP contribution in [0.1, 0.15) is 64.7 Å². The topological polar surface area (TPSA) is 516 Å². The smallest absolute Gasteiger partial charge is 0.320 e. The van der Waals surface area contributed by atoms with E-state index in [-0.39, 0.29) is 32.0 Å². The van der Waals surface area contributed by atoms with Crippen molar-refractivity contribution in [1.29, 1.82) is 0 Å². The third-order valence-electron chi connectivity index (χ3n) is 5.52. The zero-order valence-electron chi connectivity index (χ0n) is 29.6. The van der Waals surface area contributed by atoms with Crippen LogP contribution in [0.4, 0.5) is 0 Å². The van der Waals surface area contributed by atoms with Gasteiger partial charge in [-0.2, -0.15) is 0 Å². The van der Waals surface area contributed by atoms with Crippen molar-refractivity contribution in [3.63, 3.8) is 0 Å². The number of guanidine groups is 1.